The van der Waals surface area contributed by atoms with Gasteiger partial charge in [0.15, 0.2) is 5.82 Å². The molecule has 0 aliphatic heterocycles. The quantitative estimate of drug-likeness (QED) is 0.831. The molecule has 1 aliphatic rings. The van der Waals surface area contributed by atoms with E-state index in [0.29, 0.717) is 17.6 Å². The van der Waals surface area contributed by atoms with E-state index in [9.17, 15) is 5.11 Å². The average Bonchev–Trinajstić information content (AvgIpc) is 2.68. The highest BCUT2D eigenvalue weighted by atomic mass is 16.5. The third-order valence-electron chi connectivity index (χ3n) is 3.05. The van der Waals surface area contributed by atoms with Crippen molar-refractivity contribution in [3.8, 4) is 0 Å². The molecule has 1 heterocycles. The summed E-state index contributed by atoms with van der Waals surface area (Å²) in [5, 5.41) is 13.0. The summed E-state index contributed by atoms with van der Waals surface area (Å²) in [6.45, 7) is 1.65. The topological polar surface area (TPSA) is 59.2 Å². The molecular weight excluding hydrogens is 192 g/mol. The van der Waals surface area contributed by atoms with Crippen LogP contribution in [0, 0.1) is 5.92 Å². The van der Waals surface area contributed by atoms with Crippen LogP contribution in [0.25, 0.3) is 0 Å². The van der Waals surface area contributed by atoms with Crippen molar-refractivity contribution in [3.63, 3.8) is 0 Å². The molecule has 1 fully saturated rings. The van der Waals surface area contributed by atoms with Gasteiger partial charge in [0, 0.05) is 6.42 Å². The molecule has 1 aromatic heterocycles. The molecule has 0 radical (unpaired) electrons. The maximum Gasteiger partial charge on any atom is 0.227 e. The minimum Gasteiger partial charge on any atom is -0.385 e. The van der Waals surface area contributed by atoms with Gasteiger partial charge in [0.1, 0.15) is 6.10 Å². The Bertz CT molecular complexity index is 303. The molecule has 4 heteroatoms. The first-order chi connectivity index (χ1) is 7.25. The maximum absolute atomic E-state index is 9.26. The summed E-state index contributed by atoms with van der Waals surface area (Å²) in [4.78, 5) is 4.18. The highest BCUT2D eigenvalue weighted by Crippen LogP contribution is 2.26. The fourth-order valence-corrected chi connectivity index (χ4v) is 2.16. The third kappa shape index (κ3) is 2.78. The molecule has 1 saturated carbocycles. The van der Waals surface area contributed by atoms with Crippen molar-refractivity contribution in [1.82, 2.24) is 10.1 Å². The predicted molar refractivity (Wildman–Crippen MR) is 55.2 cm³/mol. The highest BCUT2D eigenvalue weighted by Gasteiger charge is 2.18. The van der Waals surface area contributed by atoms with Crippen LogP contribution in [0.15, 0.2) is 4.52 Å². The van der Waals surface area contributed by atoms with Crippen LogP contribution in [0.1, 0.15) is 56.8 Å². The molecule has 0 amide bonds. The Morgan fingerprint density at radius 3 is 2.73 bits per heavy atom. The van der Waals surface area contributed by atoms with Crippen LogP contribution >= 0.6 is 0 Å². The SMILES string of the molecule is CC(O)c1noc(CC2CCCCC2)n1. The van der Waals surface area contributed by atoms with E-state index < -0.39 is 6.10 Å². The van der Waals surface area contributed by atoms with Crippen molar-refractivity contribution in [2.24, 2.45) is 5.92 Å². The number of aromatic nitrogens is 2. The summed E-state index contributed by atoms with van der Waals surface area (Å²) in [6, 6.07) is 0. The van der Waals surface area contributed by atoms with Gasteiger partial charge in [-0.3, -0.25) is 0 Å². The van der Waals surface area contributed by atoms with Crippen LogP contribution in [0.4, 0.5) is 0 Å². The number of nitrogens with zero attached hydrogens (tertiary/aromatic N) is 2. The van der Waals surface area contributed by atoms with E-state index in [1.807, 2.05) is 0 Å². The van der Waals surface area contributed by atoms with E-state index in [1.165, 1.54) is 32.1 Å². The molecule has 1 unspecified atom stereocenters. The summed E-state index contributed by atoms with van der Waals surface area (Å²) in [5.74, 6) is 1.78. The van der Waals surface area contributed by atoms with Gasteiger partial charge < -0.3 is 9.63 Å². The van der Waals surface area contributed by atoms with Gasteiger partial charge >= 0.3 is 0 Å². The van der Waals surface area contributed by atoms with Crippen molar-refractivity contribution in [2.75, 3.05) is 0 Å². The second-order valence-electron chi connectivity index (χ2n) is 4.43. The third-order valence-corrected chi connectivity index (χ3v) is 3.05. The van der Waals surface area contributed by atoms with Gasteiger partial charge in [-0.15, -0.1) is 0 Å². The molecule has 1 N–H and O–H groups in total. The van der Waals surface area contributed by atoms with Crippen molar-refractivity contribution < 1.29 is 9.63 Å². The Hall–Kier alpha value is -0.900. The lowest BCUT2D eigenvalue weighted by Gasteiger charge is -2.19. The Balaban J connectivity index is 1.91. The van der Waals surface area contributed by atoms with Gasteiger partial charge in [-0.1, -0.05) is 24.4 Å². The molecule has 0 bridgehead atoms. The van der Waals surface area contributed by atoms with Gasteiger partial charge in [0.2, 0.25) is 5.89 Å². The van der Waals surface area contributed by atoms with Crippen molar-refractivity contribution >= 4 is 0 Å². The van der Waals surface area contributed by atoms with E-state index >= 15 is 0 Å². The lowest BCUT2D eigenvalue weighted by molar-refractivity contribution is 0.184. The van der Waals surface area contributed by atoms with E-state index in [0.717, 1.165) is 6.42 Å². The summed E-state index contributed by atoms with van der Waals surface area (Å²) in [6.07, 6.45) is 6.79. The molecule has 1 aromatic rings. The fourth-order valence-electron chi connectivity index (χ4n) is 2.16. The highest BCUT2D eigenvalue weighted by molar-refractivity contribution is 4.90. The summed E-state index contributed by atoms with van der Waals surface area (Å²) < 4.78 is 5.11. The number of aliphatic hydroxyl groups is 1. The Morgan fingerprint density at radius 1 is 1.40 bits per heavy atom. The molecule has 0 spiro atoms. The normalized spacial score (nSPS) is 20.4. The molecule has 1 atom stereocenters. The molecule has 4 nitrogen and oxygen atoms in total. The summed E-state index contributed by atoms with van der Waals surface area (Å²) in [5.41, 5.74) is 0. The minimum absolute atomic E-state index is 0.404. The van der Waals surface area contributed by atoms with E-state index in [2.05, 4.69) is 10.1 Å². The van der Waals surface area contributed by atoms with Crippen LogP contribution in [-0.4, -0.2) is 15.2 Å². The first kappa shape index (κ1) is 10.6. The first-order valence-electron chi connectivity index (χ1n) is 5.76. The molecular formula is C11H18N2O2. The Morgan fingerprint density at radius 2 is 2.13 bits per heavy atom. The second-order valence-corrected chi connectivity index (χ2v) is 4.43. The lowest BCUT2D eigenvalue weighted by Crippen LogP contribution is -2.09. The average molecular weight is 210 g/mol. The zero-order chi connectivity index (χ0) is 10.7. The van der Waals surface area contributed by atoms with Gasteiger partial charge in [0.05, 0.1) is 0 Å². The molecule has 0 saturated heterocycles. The summed E-state index contributed by atoms with van der Waals surface area (Å²) in [7, 11) is 0. The fraction of sp³-hybridized carbons (Fsp3) is 0.818. The lowest BCUT2D eigenvalue weighted by atomic mass is 9.87. The predicted octanol–water partition coefficient (Wildman–Crippen LogP) is 2.25. The Labute approximate surface area is 89.7 Å². The number of hydrogen-bond donors (Lipinski definition) is 1. The standard InChI is InChI=1S/C11H18N2O2/c1-8(14)11-12-10(15-13-11)7-9-5-3-2-4-6-9/h8-9,14H,2-7H2,1H3. The van der Waals surface area contributed by atoms with Crippen LogP contribution < -0.4 is 0 Å². The van der Waals surface area contributed by atoms with Crippen LogP contribution in [0.5, 0.6) is 0 Å². The monoisotopic (exact) mass is 210 g/mol. The number of aliphatic hydroxyl groups excluding tert-OH is 1. The first-order valence-corrected chi connectivity index (χ1v) is 5.76. The molecule has 0 aromatic carbocycles. The zero-order valence-electron chi connectivity index (χ0n) is 9.15. The second kappa shape index (κ2) is 4.75. The molecule has 1 aliphatic carbocycles. The van der Waals surface area contributed by atoms with Crippen molar-refractivity contribution in [3.05, 3.63) is 11.7 Å². The number of hydrogen-bond acceptors (Lipinski definition) is 4. The van der Waals surface area contributed by atoms with E-state index in [-0.39, 0.29) is 0 Å². The zero-order valence-corrected chi connectivity index (χ0v) is 9.15. The van der Waals surface area contributed by atoms with Gasteiger partial charge in [-0.05, 0) is 25.7 Å². The van der Waals surface area contributed by atoms with Crippen molar-refractivity contribution in [1.29, 1.82) is 0 Å². The Kier molecular flexibility index (Phi) is 3.36. The molecule has 84 valence electrons. The number of rotatable bonds is 3. The molecule has 2 rings (SSSR count). The van der Waals surface area contributed by atoms with E-state index in [4.69, 9.17) is 4.52 Å². The van der Waals surface area contributed by atoms with Gasteiger partial charge in [0.25, 0.3) is 0 Å². The summed E-state index contributed by atoms with van der Waals surface area (Å²) >= 11 is 0. The smallest absolute Gasteiger partial charge is 0.227 e. The van der Waals surface area contributed by atoms with Crippen LogP contribution in [0.2, 0.25) is 0 Å². The van der Waals surface area contributed by atoms with Crippen LogP contribution in [-0.2, 0) is 6.42 Å². The van der Waals surface area contributed by atoms with Gasteiger partial charge in [-0.25, -0.2) is 0 Å². The van der Waals surface area contributed by atoms with E-state index in [1.54, 1.807) is 6.92 Å². The van der Waals surface area contributed by atoms with Crippen molar-refractivity contribution in [2.45, 2.75) is 51.6 Å². The van der Waals surface area contributed by atoms with Gasteiger partial charge in [-0.2, -0.15) is 4.98 Å². The molecule has 15 heavy (non-hydrogen) atoms. The van der Waals surface area contributed by atoms with Crippen LogP contribution in [0.3, 0.4) is 0 Å². The largest absolute Gasteiger partial charge is 0.385 e. The minimum atomic E-state index is -0.631. The maximum atomic E-state index is 9.26.